The lowest BCUT2D eigenvalue weighted by Gasteiger charge is -2.11. The Labute approximate surface area is 106 Å². The molecule has 90 valence electrons. The number of nitrogens with zero attached hydrogens (tertiary/aromatic N) is 1. The number of aryl methyl sites for hydroxylation is 1. The molecule has 0 aromatic heterocycles. The molecule has 0 fully saturated rings. The first-order valence-corrected chi connectivity index (χ1v) is 5.93. The summed E-state index contributed by atoms with van der Waals surface area (Å²) in [5, 5.41) is 11.9. The van der Waals surface area contributed by atoms with Crippen LogP contribution < -0.4 is 5.32 Å². The minimum Gasteiger partial charge on any atom is -0.336 e. The summed E-state index contributed by atoms with van der Waals surface area (Å²) in [4.78, 5) is 11.9. The largest absolute Gasteiger partial charge is 0.336 e. The maximum Gasteiger partial charge on any atom is 0.253 e. The summed E-state index contributed by atoms with van der Waals surface area (Å²) < 4.78 is 0. The topological polar surface area (TPSA) is 52.9 Å². The molecule has 0 heterocycles. The summed E-state index contributed by atoms with van der Waals surface area (Å²) in [7, 11) is 0. The second kappa shape index (κ2) is 6.27. The first kappa shape index (κ1) is 13.5. The first-order chi connectivity index (χ1) is 8.08. The monoisotopic (exact) mass is 250 g/mol. The van der Waals surface area contributed by atoms with Crippen LogP contribution >= 0.6 is 11.6 Å². The Hall–Kier alpha value is -1.53. The van der Waals surface area contributed by atoms with Crippen molar-refractivity contribution < 1.29 is 4.79 Å². The third-order valence-corrected chi connectivity index (χ3v) is 2.72. The van der Waals surface area contributed by atoms with E-state index < -0.39 is 6.04 Å². The Morgan fingerprint density at radius 1 is 1.59 bits per heavy atom. The zero-order valence-electron chi connectivity index (χ0n) is 9.96. The average Bonchev–Trinajstić information content (AvgIpc) is 2.28. The number of hydrogen-bond donors (Lipinski definition) is 1. The maximum atomic E-state index is 11.9. The molecule has 0 bridgehead atoms. The van der Waals surface area contributed by atoms with Crippen molar-refractivity contribution in [1.29, 1.82) is 5.26 Å². The van der Waals surface area contributed by atoms with E-state index in [0.717, 1.165) is 12.0 Å². The summed E-state index contributed by atoms with van der Waals surface area (Å²) in [6, 6.07) is 6.83. The van der Waals surface area contributed by atoms with E-state index in [1.54, 1.807) is 12.1 Å². The van der Waals surface area contributed by atoms with Crippen LogP contribution in [0, 0.1) is 18.3 Å². The maximum absolute atomic E-state index is 11.9. The van der Waals surface area contributed by atoms with Gasteiger partial charge in [-0.15, -0.1) is 0 Å². The SMILES string of the molecule is CCCC(C#N)NC(=O)c1ccc(C)cc1Cl. The molecule has 0 saturated heterocycles. The van der Waals surface area contributed by atoms with Crippen molar-refractivity contribution in [2.75, 3.05) is 0 Å². The summed E-state index contributed by atoms with van der Waals surface area (Å²) in [6.07, 6.45) is 1.49. The predicted molar refractivity (Wildman–Crippen MR) is 68.0 cm³/mol. The first-order valence-electron chi connectivity index (χ1n) is 5.55. The highest BCUT2D eigenvalue weighted by Gasteiger charge is 2.14. The molecule has 1 N–H and O–H groups in total. The molecule has 1 amide bonds. The lowest BCUT2D eigenvalue weighted by atomic mass is 10.1. The highest BCUT2D eigenvalue weighted by molar-refractivity contribution is 6.33. The van der Waals surface area contributed by atoms with Crippen molar-refractivity contribution in [1.82, 2.24) is 5.32 Å². The van der Waals surface area contributed by atoms with Gasteiger partial charge < -0.3 is 5.32 Å². The number of halogens is 1. The Bertz CT molecular complexity index is 451. The van der Waals surface area contributed by atoms with Gasteiger partial charge in [0, 0.05) is 0 Å². The van der Waals surface area contributed by atoms with Crippen LogP contribution in [0.4, 0.5) is 0 Å². The van der Waals surface area contributed by atoms with Crippen molar-refractivity contribution >= 4 is 17.5 Å². The number of amides is 1. The van der Waals surface area contributed by atoms with Gasteiger partial charge in [0.05, 0.1) is 16.7 Å². The Morgan fingerprint density at radius 2 is 2.29 bits per heavy atom. The Balaban J connectivity index is 2.79. The summed E-state index contributed by atoms with van der Waals surface area (Å²) in [6.45, 7) is 3.87. The fourth-order valence-electron chi connectivity index (χ4n) is 1.50. The summed E-state index contributed by atoms with van der Waals surface area (Å²) in [5.41, 5.74) is 1.41. The smallest absolute Gasteiger partial charge is 0.253 e. The highest BCUT2D eigenvalue weighted by Crippen LogP contribution is 2.17. The normalized spacial score (nSPS) is 11.6. The summed E-state index contributed by atoms with van der Waals surface area (Å²) >= 11 is 5.98. The third kappa shape index (κ3) is 3.76. The van der Waals surface area contributed by atoms with Gasteiger partial charge in [-0.05, 0) is 31.0 Å². The molecule has 17 heavy (non-hydrogen) atoms. The molecule has 0 aliphatic carbocycles. The second-order valence-corrected chi connectivity index (χ2v) is 4.33. The molecule has 1 unspecified atom stereocenters. The van der Waals surface area contributed by atoms with Crippen molar-refractivity contribution in [3.8, 4) is 6.07 Å². The lowest BCUT2D eigenvalue weighted by Crippen LogP contribution is -2.33. The number of carbonyl (C=O) groups is 1. The van der Waals surface area contributed by atoms with Crippen LogP contribution in [-0.4, -0.2) is 11.9 Å². The fourth-order valence-corrected chi connectivity index (χ4v) is 1.82. The van der Waals surface area contributed by atoms with Crippen molar-refractivity contribution in [3.63, 3.8) is 0 Å². The van der Waals surface area contributed by atoms with Gasteiger partial charge >= 0.3 is 0 Å². The van der Waals surface area contributed by atoms with Gasteiger partial charge in [0.15, 0.2) is 0 Å². The van der Waals surface area contributed by atoms with E-state index in [2.05, 4.69) is 11.4 Å². The molecule has 3 nitrogen and oxygen atoms in total. The highest BCUT2D eigenvalue weighted by atomic mass is 35.5. The van der Waals surface area contributed by atoms with Crippen LogP contribution in [0.3, 0.4) is 0 Å². The predicted octanol–water partition coefficient (Wildman–Crippen LogP) is 3.07. The zero-order chi connectivity index (χ0) is 12.8. The van der Waals surface area contributed by atoms with Gasteiger partial charge in [-0.1, -0.05) is 31.0 Å². The van der Waals surface area contributed by atoms with E-state index in [-0.39, 0.29) is 5.91 Å². The minimum atomic E-state index is -0.454. The van der Waals surface area contributed by atoms with Crippen LogP contribution in [-0.2, 0) is 0 Å². The molecule has 0 aliphatic rings. The zero-order valence-corrected chi connectivity index (χ0v) is 10.7. The average molecular weight is 251 g/mol. The van der Waals surface area contributed by atoms with Crippen molar-refractivity contribution in [2.45, 2.75) is 32.7 Å². The van der Waals surface area contributed by atoms with Gasteiger partial charge in [-0.25, -0.2) is 0 Å². The van der Waals surface area contributed by atoms with Crippen LogP contribution in [0.15, 0.2) is 18.2 Å². The number of nitriles is 1. The minimum absolute atomic E-state index is 0.296. The van der Waals surface area contributed by atoms with Crippen LogP contribution in [0.2, 0.25) is 5.02 Å². The van der Waals surface area contributed by atoms with Crippen molar-refractivity contribution in [3.05, 3.63) is 34.3 Å². The molecule has 1 aromatic carbocycles. The quantitative estimate of drug-likeness (QED) is 0.893. The number of carbonyl (C=O) groups excluding carboxylic acids is 1. The van der Waals surface area contributed by atoms with Gasteiger partial charge in [-0.3, -0.25) is 4.79 Å². The number of benzene rings is 1. The number of hydrogen-bond acceptors (Lipinski definition) is 2. The Morgan fingerprint density at radius 3 is 2.82 bits per heavy atom. The van der Waals surface area contributed by atoms with E-state index >= 15 is 0 Å². The Kier molecular flexibility index (Phi) is 4.99. The molecule has 1 aromatic rings. The molecule has 0 aliphatic heterocycles. The van der Waals surface area contributed by atoms with Crippen LogP contribution in [0.5, 0.6) is 0 Å². The molecule has 1 rings (SSSR count). The molecule has 0 saturated carbocycles. The molecular weight excluding hydrogens is 236 g/mol. The van der Waals surface area contributed by atoms with E-state index in [1.807, 2.05) is 19.9 Å². The van der Waals surface area contributed by atoms with Crippen LogP contribution in [0.1, 0.15) is 35.7 Å². The van der Waals surface area contributed by atoms with E-state index in [4.69, 9.17) is 16.9 Å². The third-order valence-electron chi connectivity index (χ3n) is 2.41. The van der Waals surface area contributed by atoms with Gasteiger partial charge in [0.25, 0.3) is 5.91 Å². The number of nitrogens with one attached hydrogen (secondary N) is 1. The van der Waals surface area contributed by atoms with Crippen LogP contribution in [0.25, 0.3) is 0 Å². The fraction of sp³-hybridized carbons (Fsp3) is 0.385. The molecule has 0 radical (unpaired) electrons. The number of rotatable bonds is 4. The van der Waals surface area contributed by atoms with Gasteiger partial charge in [0.2, 0.25) is 0 Å². The van der Waals surface area contributed by atoms with Gasteiger partial charge in [0.1, 0.15) is 6.04 Å². The molecule has 1 atom stereocenters. The van der Waals surface area contributed by atoms with E-state index in [1.165, 1.54) is 0 Å². The van der Waals surface area contributed by atoms with Gasteiger partial charge in [-0.2, -0.15) is 5.26 Å². The van der Waals surface area contributed by atoms with E-state index in [9.17, 15) is 4.79 Å². The molecule has 0 spiro atoms. The van der Waals surface area contributed by atoms with E-state index in [0.29, 0.717) is 17.0 Å². The second-order valence-electron chi connectivity index (χ2n) is 3.93. The molecule has 4 heteroatoms. The van der Waals surface area contributed by atoms with Crippen molar-refractivity contribution in [2.24, 2.45) is 0 Å². The summed E-state index contributed by atoms with van der Waals surface area (Å²) in [5.74, 6) is -0.296. The standard InChI is InChI=1S/C13H15ClN2O/c1-3-4-10(8-15)16-13(17)11-6-5-9(2)7-12(11)14/h5-7,10H,3-4H2,1-2H3,(H,16,17). The lowest BCUT2D eigenvalue weighted by molar-refractivity contribution is 0.0944. The molecular formula is C13H15ClN2O.